The van der Waals surface area contributed by atoms with E-state index in [1.165, 1.54) is 0 Å². The molecular formula is C8H3ClF5NO4S. The predicted molar refractivity (Wildman–Crippen MR) is 56.1 cm³/mol. The van der Waals surface area contributed by atoms with Gasteiger partial charge >= 0.3 is 6.18 Å². The second-order valence-electron chi connectivity index (χ2n) is 3.40. The summed E-state index contributed by atoms with van der Waals surface area (Å²) in [5.41, 5.74) is -5.71. The van der Waals surface area contributed by atoms with Crippen LogP contribution >= 0.6 is 10.7 Å². The first-order valence-corrected chi connectivity index (χ1v) is 6.79. The Balaban J connectivity index is 3.88. The summed E-state index contributed by atoms with van der Waals surface area (Å²) in [6.45, 7) is 0. The SMILES string of the molecule is O=[N+]([O-])c1cc(S(=O)(=O)Cl)cc(C(F)(F)F)c1C(F)F. The summed E-state index contributed by atoms with van der Waals surface area (Å²) in [5, 5.41) is 10.6. The van der Waals surface area contributed by atoms with Crippen LogP contribution in [0.25, 0.3) is 0 Å². The van der Waals surface area contributed by atoms with Gasteiger partial charge < -0.3 is 0 Å². The molecule has 0 unspecified atom stereocenters. The first kappa shape index (κ1) is 16.6. The van der Waals surface area contributed by atoms with Crippen LogP contribution < -0.4 is 0 Å². The van der Waals surface area contributed by atoms with E-state index in [2.05, 4.69) is 0 Å². The van der Waals surface area contributed by atoms with Crippen molar-refractivity contribution in [1.29, 1.82) is 0 Å². The molecule has 0 amide bonds. The average Bonchev–Trinajstić information content (AvgIpc) is 2.24. The van der Waals surface area contributed by atoms with Crippen LogP contribution in [-0.4, -0.2) is 13.3 Å². The molecule has 1 aromatic rings. The molecule has 0 saturated heterocycles. The van der Waals surface area contributed by atoms with Crippen molar-refractivity contribution in [3.63, 3.8) is 0 Å². The van der Waals surface area contributed by atoms with Crippen LogP contribution in [0.4, 0.5) is 27.6 Å². The molecule has 0 aliphatic heterocycles. The normalized spacial score (nSPS) is 12.8. The fraction of sp³-hybridized carbons (Fsp3) is 0.250. The number of nitro benzene ring substituents is 1. The number of hydrogen-bond acceptors (Lipinski definition) is 4. The monoisotopic (exact) mass is 339 g/mol. The van der Waals surface area contributed by atoms with E-state index >= 15 is 0 Å². The summed E-state index contributed by atoms with van der Waals surface area (Å²) in [5.74, 6) is 0. The van der Waals surface area contributed by atoms with Crippen LogP contribution in [0.15, 0.2) is 17.0 Å². The van der Waals surface area contributed by atoms with Crippen LogP contribution in [0.1, 0.15) is 17.6 Å². The molecule has 112 valence electrons. The van der Waals surface area contributed by atoms with Gasteiger partial charge in [0.15, 0.2) is 0 Å². The van der Waals surface area contributed by atoms with Crippen molar-refractivity contribution in [2.45, 2.75) is 17.5 Å². The quantitative estimate of drug-likeness (QED) is 0.365. The summed E-state index contributed by atoms with van der Waals surface area (Å²) in [6.07, 6.45) is -9.23. The second kappa shape index (κ2) is 5.13. The third-order valence-corrected chi connectivity index (χ3v) is 3.47. The molecule has 0 bridgehead atoms. The van der Waals surface area contributed by atoms with Crippen LogP contribution in [-0.2, 0) is 15.2 Å². The summed E-state index contributed by atoms with van der Waals surface area (Å²) in [7, 11) is 0.0228. The van der Waals surface area contributed by atoms with Gasteiger partial charge in [-0.15, -0.1) is 0 Å². The lowest BCUT2D eigenvalue weighted by molar-refractivity contribution is -0.386. The minimum absolute atomic E-state index is 0.0546. The average molecular weight is 340 g/mol. The van der Waals surface area contributed by atoms with Crippen molar-refractivity contribution < 1.29 is 35.3 Å². The summed E-state index contributed by atoms with van der Waals surface area (Å²) in [4.78, 5) is 7.72. The molecule has 5 nitrogen and oxygen atoms in total. The van der Waals surface area contributed by atoms with Gasteiger partial charge in [0.2, 0.25) is 0 Å². The van der Waals surface area contributed by atoms with Gasteiger partial charge in [-0.1, -0.05) is 0 Å². The van der Waals surface area contributed by atoms with Crippen molar-refractivity contribution in [3.05, 3.63) is 33.4 Å². The smallest absolute Gasteiger partial charge is 0.258 e. The molecule has 12 heteroatoms. The molecule has 0 fully saturated rings. The lowest BCUT2D eigenvalue weighted by Crippen LogP contribution is -2.13. The van der Waals surface area contributed by atoms with E-state index in [1.807, 2.05) is 0 Å². The van der Waals surface area contributed by atoms with Gasteiger partial charge in [0.25, 0.3) is 21.2 Å². The second-order valence-corrected chi connectivity index (χ2v) is 5.96. The van der Waals surface area contributed by atoms with Crippen molar-refractivity contribution in [1.82, 2.24) is 0 Å². The highest BCUT2D eigenvalue weighted by Crippen LogP contribution is 2.42. The van der Waals surface area contributed by atoms with Crippen LogP contribution in [0.5, 0.6) is 0 Å². The minimum Gasteiger partial charge on any atom is -0.258 e. The number of nitro groups is 1. The first-order valence-electron chi connectivity index (χ1n) is 4.48. The Kier molecular flexibility index (Phi) is 4.25. The summed E-state index contributed by atoms with van der Waals surface area (Å²) < 4.78 is 85.0. The molecule has 0 aliphatic carbocycles. The standard InChI is InChI=1S/C8H3ClF5NO4S/c9-20(18,19)3-1-4(8(12,13)14)6(7(10)11)5(2-3)15(16)17/h1-2,7H. The molecule has 0 aromatic heterocycles. The molecule has 0 heterocycles. The summed E-state index contributed by atoms with van der Waals surface area (Å²) in [6, 6.07) is -0.115. The van der Waals surface area contributed by atoms with Gasteiger partial charge in [0, 0.05) is 16.7 Å². The molecule has 0 atom stereocenters. The van der Waals surface area contributed by atoms with Crippen molar-refractivity contribution >= 4 is 25.4 Å². The van der Waals surface area contributed by atoms with Gasteiger partial charge in [-0.2, -0.15) is 13.2 Å². The Morgan fingerprint density at radius 1 is 1.25 bits per heavy atom. The minimum atomic E-state index is -5.41. The van der Waals surface area contributed by atoms with Gasteiger partial charge in [-0.25, -0.2) is 17.2 Å². The lowest BCUT2D eigenvalue weighted by Gasteiger charge is -2.13. The fourth-order valence-electron chi connectivity index (χ4n) is 1.37. The van der Waals surface area contributed by atoms with Gasteiger partial charge in [-0.05, 0) is 6.07 Å². The lowest BCUT2D eigenvalue weighted by atomic mass is 10.1. The maximum Gasteiger partial charge on any atom is 0.417 e. The largest absolute Gasteiger partial charge is 0.417 e. The molecule has 20 heavy (non-hydrogen) atoms. The fourth-order valence-corrected chi connectivity index (χ4v) is 2.15. The molecule has 0 N–H and O–H groups in total. The third kappa shape index (κ3) is 3.33. The van der Waals surface area contributed by atoms with Crippen LogP contribution in [0.3, 0.4) is 0 Å². The summed E-state index contributed by atoms with van der Waals surface area (Å²) >= 11 is 0. The Morgan fingerprint density at radius 2 is 1.75 bits per heavy atom. The van der Waals surface area contributed by atoms with Gasteiger partial charge in [0.1, 0.15) is 5.56 Å². The number of benzene rings is 1. The first-order chi connectivity index (χ1) is 8.85. The number of rotatable bonds is 3. The van der Waals surface area contributed by atoms with E-state index in [0.717, 1.165) is 0 Å². The Morgan fingerprint density at radius 3 is 2.05 bits per heavy atom. The maximum absolute atomic E-state index is 12.6. The zero-order valence-electron chi connectivity index (χ0n) is 8.99. The van der Waals surface area contributed by atoms with E-state index in [0.29, 0.717) is 0 Å². The van der Waals surface area contributed by atoms with Crippen LogP contribution in [0.2, 0.25) is 0 Å². The topological polar surface area (TPSA) is 77.3 Å². The Labute approximate surface area is 112 Å². The molecule has 1 rings (SSSR count). The number of hydrogen-bond donors (Lipinski definition) is 0. The zero-order chi connectivity index (χ0) is 15.9. The number of halogens is 6. The van der Waals surface area contributed by atoms with E-state index < -0.39 is 48.3 Å². The van der Waals surface area contributed by atoms with Crippen molar-refractivity contribution in [2.75, 3.05) is 0 Å². The number of alkyl halides is 5. The number of nitrogens with zero attached hydrogens (tertiary/aromatic N) is 1. The van der Waals surface area contributed by atoms with E-state index in [-0.39, 0.29) is 12.1 Å². The zero-order valence-corrected chi connectivity index (χ0v) is 10.6. The molecule has 0 saturated carbocycles. The third-order valence-electron chi connectivity index (χ3n) is 2.13. The van der Waals surface area contributed by atoms with E-state index in [4.69, 9.17) is 10.7 Å². The Bertz CT molecular complexity index is 658. The molecular weight excluding hydrogens is 337 g/mol. The molecule has 0 aliphatic rings. The van der Waals surface area contributed by atoms with Gasteiger partial charge in [-0.3, -0.25) is 10.1 Å². The molecule has 0 radical (unpaired) electrons. The highest BCUT2D eigenvalue weighted by Gasteiger charge is 2.41. The van der Waals surface area contributed by atoms with E-state index in [9.17, 15) is 40.5 Å². The molecule has 1 aromatic carbocycles. The molecule has 0 spiro atoms. The van der Waals surface area contributed by atoms with E-state index in [1.54, 1.807) is 0 Å². The van der Waals surface area contributed by atoms with Crippen LogP contribution in [0, 0.1) is 10.1 Å². The highest BCUT2D eigenvalue weighted by atomic mass is 35.7. The highest BCUT2D eigenvalue weighted by molar-refractivity contribution is 8.13. The van der Waals surface area contributed by atoms with Crippen molar-refractivity contribution in [3.8, 4) is 0 Å². The predicted octanol–water partition coefficient (Wildman–Crippen LogP) is 3.48. The van der Waals surface area contributed by atoms with Gasteiger partial charge in [0.05, 0.1) is 15.4 Å². The van der Waals surface area contributed by atoms with Crippen molar-refractivity contribution in [2.24, 2.45) is 0 Å². The maximum atomic E-state index is 12.6. The Hall–Kier alpha value is -1.49.